The Bertz CT molecular complexity index is 600. The van der Waals surface area contributed by atoms with Crippen molar-refractivity contribution in [2.45, 2.75) is 21.1 Å². The Morgan fingerprint density at radius 2 is 1.35 bits per heavy atom. The van der Waals surface area contributed by atoms with E-state index in [2.05, 4.69) is 0 Å². The second-order valence-electron chi connectivity index (χ2n) is 4.52. The Kier molecular flexibility index (Phi) is 5.25. The van der Waals surface area contributed by atoms with E-state index in [0.717, 1.165) is 12.1 Å². The average Bonchev–Trinajstić information content (AvgIpc) is 2.33. The fourth-order valence-corrected chi connectivity index (χ4v) is 1.72. The Labute approximate surface area is 117 Å². The molecule has 0 atom stereocenters. The zero-order valence-electron chi connectivity index (χ0n) is 10.6. The van der Waals surface area contributed by atoms with Crippen LogP contribution in [0.1, 0.15) is 7.43 Å². The average molecular weight is 280 g/mol. The van der Waals surface area contributed by atoms with Crippen LogP contribution in [-0.4, -0.2) is 6.71 Å². The largest absolute Gasteiger partial charge is 0.457 e. The fraction of sp³-hybridized carbons (Fsp3) is 0.200. The summed E-state index contributed by atoms with van der Waals surface area (Å²) >= 11 is 0. The molecule has 0 spiro atoms. The highest BCUT2D eigenvalue weighted by molar-refractivity contribution is 6.70. The fourth-order valence-electron chi connectivity index (χ4n) is 1.72. The lowest BCUT2D eigenvalue weighted by Crippen LogP contribution is -2.25. The van der Waals surface area contributed by atoms with Crippen molar-refractivity contribution < 1.29 is 17.9 Å². The zero-order valence-corrected chi connectivity index (χ0v) is 10.6. The lowest BCUT2D eigenvalue weighted by molar-refractivity contribution is 0.458. The van der Waals surface area contributed by atoms with Gasteiger partial charge in [0.25, 0.3) is 0 Å². The monoisotopic (exact) mass is 280 g/mol. The summed E-state index contributed by atoms with van der Waals surface area (Å²) in [5.41, 5.74) is 0.581. The lowest BCUT2D eigenvalue weighted by Gasteiger charge is -2.09. The molecule has 0 radical (unpaired) electrons. The maximum atomic E-state index is 13.7. The van der Waals surface area contributed by atoms with E-state index in [1.54, 1.807) is 12.1 Å². The molecule has 0 heterocycles. The molecule has 2 aromatic carbocycles. The quantitative estimate of drug-likeness (QED) is 0.752. The van der Waals surface area contributed by atoms with Gasteiger partial charge in [-0.25, -0.2) is 13.2 Å². The van der Waals surface area contributed by atoms with Crippen LogP contribution >= 0.6 is 0 Å². The molecule has 0 aromatic heterocycles. The van der Waals surface area contributed by atoms with E-state index in [1.165, 1.54) is 12.1 Å². The number of ether oxygens (including phenoxy) is 1. The molecule has 0 aliphatic rings. The van der Waals surface area contributed by atoms with Gasteiger partial charge in [-0.3, -0.25) is 0 Å². The Hall–Kier alpha value is -1.91. The molecule has 1 nitrogen and oxygen atoms in total. The first-order valence-corrected chi connectivity index (χ1v) is 5.89. The van der Waals surface area contributed by atoms with Crippen molar-refractivity contribution in [3.05, 3.63) is 53.8 Å². The topological polar surface area (TPSA) is 9.23 Å². The van der Waals surface area contributed by atoms with Gasteiger partial charge in [0.05, 0.1) is 0 Å². The van der Waals surface area contributed by atoms with E-state index in [4.69, 9.17) is 4.74 Å². The van der Waals surface area contributed by atoms with Gasteiger partial charge in [0, 0.05) is 12.1 Å². The van der Waals surface area contributed by atoms with Crippen LogP contribution in [0.25, 0.3) is 0 Å². The first-order chi connectivity index (χ1) is 8.97. The minimum Gasteiger partial charge on any atom is -0.457 e. The molecule has 2 aromatic rings. The Morgan fingerprint density at radius 1 is 0.800 bits per heavy atom. The molecule has 0 amide bonds. The van der Waals surface area contributed by atoms with Crippen LogP contribution in [0.15, 0.2) is 36.4 Å². The summed E-state index contributed by atoms with van der Waals surface area (Å²) in [6.07, 6.45) is 0. The number of halogens is 3. The third-order valence-corrected chi connectivity index (χ3v) is 2.72. The maximum Gasteiger partial charge on any atom is 0.173 e. The highest BCUT2D eigenvalue weighted by Crippen LogP contribution is 2.23. The molecule has 2 rings (SSSR count). The summed E-state index contributed by atoms with van der Waals surface area (Å²) in [4.78, 5) is 0. The summed E-state index contributed by atoms with van der Waals surface area (Å²) in [5, 5.41) is 0. The lowest BCUT2D eigenvalue weighted by atomic mass is 9.49. The summed E-state index contributed by atoms with van der Waals surface area (Å²) in [7, 11) is 0. The van der Waals surface area contributed by atoms with Crippen molar-refractivity contribution in [3.63, 3.8) is 0 Å². The molecule has 5 heteroatoms. The van der Waals surface area contributed by atoms with Gasteiger partial charge in [-0.05, 0) is 23.7 Å². The molecule has 0 aliphatic carbocycles. The molecular weight excluding hydrogens is 264 g/mol. The predicted molar refractivity (Wildman–Crippen MR) is 76.7 cm³/mol. The van der Waals surface area contributed by atoms with Crippen LogP contribution in [0.2, 0.25) is 13.6 Å². The molecule has 0 saturated heterocycles. The molecule has 0 fully saturated rings. The molecule has 0 unspecified atom stereocenters. The van der Waals surface area contributed by atoms with Crippen LogP contribution < -0.4 is 10.2 Å². The number of benzene rings is 2. The second-order valence-corrected chi connectivity index (χ2v) is 4.52. The number of hydrogen-bond donors (Lipinski definition) is 0. The van der Waals surface area contributed by atoms with E-state index in [0.29, 0.717) is 5.46 Å². The molecule has 0 aliphatic heterocycles. The van der Waals surface area contributed by atoms with Gasteiger partial charge in [-0.1, -0.05) is 27.1 Å². The van der Waals surface area contributed by atoms with Crippen LogP contribution in [0.3, 0.4) is 0 Å². The van der Waals surface area contributed by atoms with Crippen molar-refractivity contribution in [1.82, 2.24) is 0 Å². The Balaban J connectivity index is 0.00000200. The van der Waals surface area contributed by atoms with Crippen molar-refractivity contribution in [3.8, 4) is 11.5 Å². The van der Waals surface area contributed by atoms with E-state index in [-0.39, 0.29) is 31.5 Å². The summed E-state index contributed by atoms with van der Waals surface area (Å²) in [6, 6.07) is 7.62. The minimum absolute atomic E-state index is 0. The maximum absolute atomic E-state index is 13.7. The minimum atomic E-state index is -1.00. The van der Waals surface area contributed by atoms with Gasteiger partial charge in [-0.15, -0.1) is 0 Å². The molecule has 0 bridgehead atoms. The number of rotatable bonds is 3. The smallest absolute Gasteiger partial charge is 0.173 e. The van der Waals surface area contributed by atoms with Gasteiger partial charge in [-0.2, -0.15) is 0 Å². The zero-order chi connectivity index (χ0) is 14.0. The van der Waals surface area contributed by atoms with Crippen molar-refractivity contribution in [2.75, 3.05) is 0 Å². The third kappa shape index (κ3) is 3.56. The second kappa shape index (κ2) is 6.50. The van der Waals surface area contributed by atoms with Crippen LogP contribution in [0, 0.1) is 17.5 Å². The van der Waals surface area contributed by atoms with Crippen molar-refractivity contribution >= 4 is 12.2 Å². The van der Waals surface area contributed by atoms with E-state index in [9.17, 15) is 13.2 Å². The molecule has 0 saturated carbocycles. The summed E-state index contributed by atoms with van der Waals surface area (Å²) in [5.74, 6) is -1.97. The standard InChI is InChI=1S/C14H12BF3O.CH4/c1-15(2)11-5-3-9(7-13(11)17)19-10-4-6-12(16)14(18)8-10;/h3-8H,1-2H3;1H4. The van der Waals surface area contributed by atoms with Gasteiger partial charge < -0.3 is 4.74 Å². The normalized spacial score (nSPS) is 9.85. The van der Waals surface area contributed by atoms with Gasteiger partial charge in [0.15, 0.2) is 18.3 Å². The first-order valence-electron chi connectivity index (χ1n) is 5.89. The van der Waals surface area contributed by atoms with Crippen LogP contribution in [0.4, 0.5) is 13.2 Å². The van der Waals surface area contributed by atoms with Gasteiger partial charge in [0.2, 0.25) is 0 Å². The van der Waals surface area contributed by atoms with E-state index in [1.807, 2.05) is 13.6 Å². The molecule has 106 valence electrons. The van der Waals surface area contributed by atoms with Gasteiger partial charge >= 0.3 is 0 Å². The highest BCUT2D eigenvalue weighted by atomic mass is 19.2. The number of hydrogen-bond acceptors (Lipinski definition) is 1. The summed E-state index contributed by atoms with van der Waals surface area (Å²) in [6.45, 7) is 3.83. The third-order valence-electron chi connectivity index (χ3n) is 2.72. The Morgan fingerprint density at radius 3 is 1.85 bits per heavy atom. The van der Waals surface area contributed by atoms with Gasteiger partial charge in [0.1, 0.15) is 17.3 Å². The van der Waals surface area contributed by atoms with Crippen LogP contribution in [0.5, 0.6) is 11.5 Å². The van der Waals surface area contributed by atoms with Crippen molar-refractivity contribution in [2.24, 2.45) is 0 Å². The van der Waals surface area contributed by atoms with E-state index < -0.39 is 11.6 Å². The van der Waals surface area contributed by atoms with E-state index >= 15 is 0 Å². The SMILES string of the molecule is C.CB(C)c1ccc(Oc2ccc(F)c(F)c2)cc1F. The highest BCUT2D eigenvalue weighted by Gasteiger charge is 2.11. The predicted octanol–water partition coefficient (Wildman–Crippen LogP) is 4.49. The first kappa shape index (κ1) is 16.2. The van der Waals surface area contributed by atoms with Crippen LogP contribution in [-0.2, 0) is 0 Å². The molecule has 0 N–H and O–H groups in total. The summed E-state index contributed by atoms with van der Waals surface area (Å²) < 4.78 is 44.8. The molecular formula is C15H16BF3O. The van der Waals surface area contributed by atoms with Crippen molar-refractivity contribution in [1.29, 1.82) is 0 Å². The molecule has 20 heavy (non-hydrogen) atoms.